The molecule has 0 aromatic rings. The molecule has 0 fully saturated rings. The van der Waals surface area contributed by atoms with E-state index < -0.39 is 30.1 Å². The van der Waals surface area contributed by atoms with Gasteiger partial charge in [0.1, 0.15) is 6.54 Å². The Labute approximate surface area is 103 Å². The molecule has 5 nitrogen and oxygen atoms in total. The minimum atomic E-state index is -4.49. The summed E-state index contributed by atoms with van der Waals surface area (Å²) in [5, 5.41) is 12.8. The van der Waals surface area contributed by atoms with Gasteiger partial charge in [-0.25, -0.2) is 4.79 Å². The largest absolute Gasteiger partial charge is 0.481 e. The van der Waals surface area contributed by atoms with Crippen LogP contribution in [0, 0.1) is 5.41 Å². The molecular weight excluding hydrogens is 253 g/mol. The number of alkyl halides is 3. The highest BCUT2D eigenvalue weighted by atomic mass is 19.4. The van der Waals surface area contributed by atoms with Crippen molar-refractivity contribution in [1.29, 1.82) is 0 Å². The van der Waals surface area contributed by atoms with Crippen molar-refractivity contribution in [2.75, 3.05) is 13.1 Å². The van der Waals surface area contributed by atoms with Crippen molar-refractivity contribution >= 4 is 12.0 Å². The fraction of sp³-hybridized carbons (Fsp3) is 0.800. The summed E-state index contributed by atoms with van der Waals surface area (Å²) < 4.78 is 35.4. The number of hydrogen-bond acceptors (Lipinski definition) is 2. The van der Waals surface area contributed by atoms with Gasteiger partial charge in [-0.05, 0) is 12.8 Å². The molecule has 0 aromatic carbocycles. The number of hydrogen-bond donors (Lipinski definition) is 3. The molecule has 0 rings (SSSR count). The fourth-order valence-corrected chi connectivity index (χ4v) is 1.37. The first-order valence-corrected chi connectivity index (χ1v) is 5.48. The zero-order valence-corrected chi connectivity index (χ0v) is 10.2. The number of rotatable bonds is 6. The quantitative estimate of drug-likeness (QED) is 0.688. The number of carboxylic acid groups (broad SMARTS) is 1. The molecule has 0 aliphatic heterocycles. The fourth-order valence-electron chi connectivity index (χ4n) is 1.37. The lowest BCUT2D eigenvalue weighted by Crippen LogP contribution is -2.47. The van der Waals surface area contributed by atoms with Crippen molar-refractivity contribution < 1.29 is 27.9 Å². The van der Waals surface area contributed by atoms with Crippen molar-refractivity contribution in [2.45, 2.75) is 32.9 Å². The molecule has 0 aromatic heterocycles. The van der Waals surface area contributed by atoms with E-state index in [1.807, 2.05) is 0 Å². The third-order valence-electron chi connectivity index (χ3n) is 2.84. The normalized spacial score (nSPS) is 12.1. The van der Waals surface area contributed by atoms with E-state index in [0.717, 1.165) is 0 Å². The summed E-state index contributed by atoms with van der Waals surface area (Å²) in [6, 6.07) is -1.03. The molecule has 0 atom stereocenters. The predicted molar refractivity (Wildman–Crippen MR) is 58.1 cm³/mol. The van der Waals surface area contributed by atoms with E-state index >= 15 is 0 Å². The molecule has 2 amide bonds. The van der Waals surface area contributed by atoms with E-state index in [2.05, 4.69) is 5.32 Å². The van der Waals surface area contributed by atoms with E-state index in [0.29, 0.717) is 0 Å². The lowest BCUT2D eigenvalue weighted by Gasteiger charge is -2.26. The van der Waals surface area contributed by atoms with Gasteiger partial charge < -0.3 is 15.7 Å². The first-order valence-electron chi connectivity index (χ1n) is 5.48. The topological polar surface area (TPSA) is 78.4 Å². The Morgan fingerprint density at radius 2 is 1.50 bits per heavy atom. The second kappa shape index (κ2) is 6.46. The van der Waals surface area contributed by atoms with Gasteiger partial charge in [0.2, 0.25) is 0 Å². The minimum absolute atomic E-state index is 0.209. The first-order chi connectivity index (χ1) is 8.17. The summed E-state index contributed by atoms with van der Waals surface area (Å²) in [6.07, 6.45) is -3.94. The maximum atomic E-state index is 11.8. The van der Waals surface area contributed by atoms with Crippen molar-refractivity contribution in [3.8, 4) is 0 Å². The molecule has 3 N–H and O–H groups in total. The summed E-state index contributed by atoms with van der Waals surface area (Å²) in [4.78, 5) is 22.1. The highest BCUT2D eigenvalue weighted by Gasteiger charge is 2.35. The van der Waals surface area contributed by atoms with E-state index in [9.17, 15) is 22.8 Å². The SMILES string of the molecule is CCC(CC)(CNC(=O)NCC(F)(F)F)C(=O)O. The van der Waals surface area contributed by atoms with Crippen LogP contribution < -0.4 is 10.6 Å². The molecule has 18 heavy (non-hydrogen) atoms. The highest BCUT2D eigenvalue weighted by molar-refractivity contribution is 5.78. The van der Waals surface area contributed by atoms with Crippen molar-refractivity contribution in [2.24, 2.45) is 5.41 Å². The average Bonchev–Trinajstić information content (AvgIpc) is 2.27. The maximum absolute atomic E-state index is 11.8. The van der Waals surface area contributed by atoms with Crippen LogP contribution in [-0.2, 0) is 4.79 Å². The van der Waals surface area contributed by atoms with E-state index in [-0.39, 0.29) is 19.4 Å². The van der Waals surface area contributed by atoms with E-state index in [4.69, 9.17) is 5.11 Å². The lowest BCUT2D eigenvalue weighted by molar-refractivity contribution is -0.149. The maximum Gasteiger partial charge on any atom is 0.405 e. The van der Waals surface area contributed by atoms with Gasteiger partial charge in [-0.15, -0.1) is 0 Å². The Hall–Kier alpha value is -1.47. The number of carbonyl (C=O) groups excluding carboxylic acids is 1. The molecule has 106 valence electrons. The van der Waals surface area contributed by atoms with Crippen LogP contribution in [-0.4, -0.2) is 36.4 Å². The smallest absolute Gasteiger partial charge is 0.405 e. The number of aliphatic carboxylic acids is 1. The van der Waals surface area contributed by atoms with Gasteiger partial charge in [0.15, 0.2) is 0 Å². The molecule has 0 aliphatic rings. The average molecular weight is 270 g/mol. The second-order valence-corrected chi connectivity index (χ2v) is 3.94. The summed E-state index contributed by atoms with van der Waals surface area (Å²) >= 11 is 0. The Balaban J connectivity index is 4.29. The zero-order valence-electron chi connectivity index (χ0n) is 10.2. The Morgan fingerprint density at radius 3 is 1.83 bits per heavy atom. The third-order valence-corrected chi connectivity index (χ3v) is 2.84. The van der Waals surface area contributed by atoms with Crippen LogP contribution in [0.5, 0.6) is 0 Å². The minimum Gasteiger partial charge on any atom is -0.481 e. The standard InChI is InChI=1S/C10H17F3N2O3/c1-3-9(4-2,7(16)17)5-14-8(18)15-6-10(11,12)13/h3-6H2,1-2H3,(H,16,17)(H2,14,15,18). The summed E-state index contributed by atoms with van der Waals surface area (Å²) in [7, 11) is 0. The summed E-state index contributed by atoms with van der Waals surface area (Å²) in [5.74, 6) is -1.08. The number of urea groups is 1. The monoisotopic (exact) mass is 270 g/mol. The number of amides is 2. The van der Waals surface area contributed by atoms with Crippen LogP contribution >= 0.6 is 0 Å². The van der Waals surface area contributed by atoms with Gasteiger partial charge in [0, 0.05) is 6.54 Å². The molecule has 0 aliphatic carbocycles. The van der Waals surface area contributed by atoms with Gasteiger partial charge in [-0.2, -0.15) is 13.2 Å². The Morgan fingerprint density at radius 1 is 1.06 bits per heavy atom. The Kier molecular flexibility index (Phi) is 5.93. The number of nitrogens with one attached hydrogen (secondary N) is 2. The molecule has 8 heteroatoms. The second-order valence-electron chi connectivity index (χ2n) is 3.94. The van der Waals surface area contributed by atoms with Gasteiger partial charge in [-0.3, -0.25) is 4.79 Å². The van der Waals surface area contributed by atoms with Crippen LogP contribution in [0.2, 0.25) is 0 Å². The molecule has 0 spiro atoms. The lowest BCUT2D eigenvalue weighted by atomic mass is 9.82. The summed E-state index contributed by atoms with van der Waals surface area (Å²) in [5.41, 5.74) is -1.14. The van der Waals surface area contributed by atoms with Gasteiger partial charge in [0.05, 0.1) is 5.41 Å². The van der Waals surface area contributed by atoms with E-state index in [1.54, 1.807) is 19.2 Å². The summed E-state index contributed by atoms with van der Waals surface area (Å²) in [6.45, 7) is 1.63. The number of carbonyl (C=O) groups is 2. The van der Waals surface area contributed by atoms with Gasteiger partial charge in [-0.1, -0.05) is 13.8 Å². The molecule has 0 saturated heterocycles. The molecule has 0 heterocycles. The van der Waals surface area contributed by atoms with Crippen LogP contribution in [0.15, 0.2) is 0 Å². The van der Waals surface area contributed by atoms with Crippen molar-refractivity contribution in [3.63, 3.8) is 0 Å². The highest BCUT2D eigenvalue weighted by Crippen LogP contribution is 2.25. The zero-order chi connectivity index (χ0) is 14.4. The van der Waals surface area contributed by atoms with Crippen LogP contribution in [0.3, 0.4) is 0 Å². The Bertz CT molecular complexity index is 301. The van der Waals surface area contributed by atoms with Crippen LogP contribution in [0.4, 0.5) is 18.0 Å². The van der Waals surface area contributed by atoms with Crippen LogP contribution in [0.1, 0.15) is 26.7 Å². The predicted octanol–water partition coefficient (Wildman–Crippen LogP) is 1.74. The molecule has 0 saturated carbocycles. The molecule has 0 radical (unpaired) electrons. The van der Waals surface area contributed by atoms with Gasteiger partial charge in [0.25, 0.3) is 0 Å². The first kappa shape index (κ1) is 16.5. The third kappa shape index (κ3) is 5.24. The van der Waals surface area contributed by atoms with Crippen LogP contribution in [0.25, 0.3) is 0 Å². The van der Waals surface area contributed by atoms with Crippen molar-refractivity contribution in [3.05, 3.63) is 0 Å². The molecule has 0 bridgehead atoms. The van der Waals surface area contributed by atoms with Crippen molar-refractivity contribution in [1.82, 2.24) is 10.6 Å². The number of carboxylic acids is 1. The molecular formula is C10H17F3N2O3. The van der Waals surface area contributed by atoms with Gasteiger partial charge >= 0.3 is 18.2 Å². The molecule has 0 unspecified atom stereocenters. The van der Waals surface area contributed by atoms with E-state index in [1.165, 1.54) is 0 Å². The number of halogens is 3.